The molecule has 2 atom stereocenters. The predicted molar refractivity (Wildman–Crippen MR) is 74.4 cm³/mol. The zero-order chi connectivity index (χ0) is 13.8. The molecule has 1 rings (SSSR count). The first kappa shape index (κ1) is 15.2. The minimum Gasteiger partial charge on any atom is -0.392 e. The lowest BCUT2D eigenvalue weighted by atomic mass is 9.71. The molecule has 0 saturated carbocycles. The van der Waals surface area contributed by atoms with E-state index in [9.17, 15) is 10.2 Å². The molecular formula is C15H25NO2. The summed E-state index contributed by atoms with van der Waals surface area (Å²) in [5, 5.41) is 20.0. The Balaban J connectivity index is 3.03. The average molecular weight is 251 g/mol. The van der Waals surface area contributed by atoms with Crippen molar-refractivity contribution in [3.05, 3.63) is 35.9 Å². The number of aliphatic hydroxyl groups is 2. The number of nitrogens with two attached hydrogens (primary N) is 1. The summed E-state index contributed by atoms with van der Waals surface area (Å²) in [7, 11) is 0. The smallest absolute Gasteiger partial charge is 0.0620 e. The van der Waals surface area contributed by atoms with Crippen molar-refractivity contribution >= 4 is 0 Å². The molecule has 0 amide bonds. The van der Waals surface area contributed by atoms with Gasteiger partial charge in [0.15, 0.2) is 0 Å². The topological polar surface area (TPSA) is 66.5 Å². The zero-order valence-electron chi connectivity index (χ0n) is 11.6. The van der Waals surface area contributed by atoms with Crippen molar-refractivity contribution in [3.63, 3.8) is 0 Å². The maximum absolute atomic E-state index is 10.2. The van der Waals surface area contributed by atoms with Gasteiger partial charge in [-0.2, -0.15) is 0 Å². The van der Waals surface area contributed by atoms with Gasteiger partial charge in [-0.25, -0.2) is 0 Å². The Bertz CT molecular complexity index is 357. The molecule has 1 aromatic carbocycles. The summed E-state index contributed by atoms with van der Waals surface area (Å²) in [6.07, 6.45) is 0.714. The van der Waals surface area contributed by atoms with Gasteiger partial charge in [0.1, 0.15) is 0 Å². The quantitative estimate of drug-likeness (QED) is 0.722. The van der Waals surface area contributed by atoms with Crippen molar-refractivity contribution in [2.24, 2.45) is 5.73 Å². The molecule has 18 heavy (non-hydrogen) atoms. The Morgan fingerprint density at radius 1 is 1.17 bits per heavy atom. The van der Waals surface area contributed by atoms with E-state index in [2.05, 4.69) is 0 Å². The van der Waals surface area contributed by atoms with Crippen LogP contribution in [0.5, 0.6) is 0 Å². The predicted octanol–water partition coefficient (Wildman–Crippen LogP) is 1.81. The second kappa shape index (κ2) is 5.83. The van der Waals surface area contributed by atoms with Crippen LogP contribution in [0, 0.1) is 0 Å². The Morgan fingerprint density at radius 2 is 1.72 bits per heavy atom. The van der Waals surface area contributed by atoms with Gasteiger partial charge in [0.05, 0.1) is 11.7 Å². The molecule has 2 unspecified atom stereocenters. The van der Waals surface area contributed by atoms with Gasteiger partial charge < -0.3 is 15.9 Å². The van der Waals surface area contributed by atoms with Crippen LogP contribution in [0.4, 0.5) is 0 Å². The van der Waals surface area contributed by atoms with E-state index in [0.717, 1.165) is 5.56 Å². The Kier molecular flexibility index (Phi) is 4.91. The lowest BCUT2D eigenvalue weighted by Crippen LogP contribution is -2.45. The summed E-state index contributed by atoms with van der Waals surface area (Å²) in [5.41, 5.74) is 5.73. The first-order chi connectivity index (χ1) is 8.32. The molecule has 4 N–H and O–H groups in total. The lowest BCUT2D eigenvalue weighted by Gasteiger charge is -2.37. The Labute approximate surface area is 110 Å². The van der Waals surface area contributed by atoms with Crippen molar-refractivity contribution in [1.29, 1.82) is 0 Å². The van der Waals surface area contributed by atoms with E-state index in [0.29, 0.717) is 19.4 Å². The van der Waals surface area contributed by atoms with Crippen molar-refractivity contribution in [1.82, 2.24) is 0 Å². The molecule has 0 bridgehead atoms. The highest BCUT2D eigenvalue weighted by atomic mass is 16.3. The third-order valence-corrected chi connectivity index (χ3v) is 3.70. The highest BCUT2D eigenvalue weighted by molar-refractivity contribution is 5.27. The third kappa shape index (κ3) is 3.55. The maximum atomic E-state index is 10.2. The summed E-state index contributed by atoms with van der Waals surface area (Å²) >= 11 is 0. The Morgan fingerprint density at radius 3 is 2.11 bits per heavy atom. The van der Waals surface area contributed by atoms with E-state index in [1.807, 2.05) is 30.3 Å². The van der Waals surface area contributed by atoms with Gasteiger partial charge in [0.25, 0.3) is 0 Å². The van der Waals surface area contributed by atoms with Gasteiger partial charge in [-0.3, -0.25) is 0 Å². The van der Waals surface area contributed by atoms with Gasteiger partial charge in [0, 0.05) is 12.0 Å². The molecule has 0 saturated heterocycles. The Hall–Kier alpha value is -0.900. The van der Waals surface area contributed by atoms with Crippen molar-refractivity contribution in [3.8, 4) is 0 Å². The third-order valence-electron chi connectivity index (χ3n) is 3.70. The van der Waals surface area contributed by atoms with E-state index in [-0.39, 0.29) is 0 Å². The molecule has 0 aliphatic heterocycles. The standard InChI is InChI=1S/C15H25NO2/c1-12(17)15(11-16,10-9-14(2,3)18)13-7-5-4-6-8-13/h4-8,12,17-18H,9-11,16H2,1-3H3. The number of benzene rings is 1. The summed E-state index contributed by atoms with van der Waals surface area (Å²) in [6, 6.07) is 9.83. The monoisotopic (exact) mass is 251 g/mol. The van der Waals surface area contributed by atoms with Crippen LogP contribution >= 0.6 is 0 Å². The second-order valence-corrected chi connectivity index (χ2v) is 5.71. The fourth-order valence-corrected chi connectivity index (χ4v) is 2.28. The van der Waals surface area contributed by atoms with E-state index < -0.39 is 17.1 Å². The fraction of sp³-hybridized carbons (Fsp3) is 0.600. The first-order valence-electron chi connectivity index (χ1n) is 6.48. The molecule has 102 valence electrons. The number of rotatable bonds is 6. The summed E-state index contributed by atoms with van der Waals surface area (Å²) in [4.78, 5) is 0. The fourth-order valence-electron chi connectivity index (χ4n) is 2.28. The molecule has 0 spiro atoms. The van der Waals surface area contributed by atoms with E-state index >= 15 is 0 Å². The largest absolute Gasteiger partial charge is 0.392 e. The highest BCUT2D eigenvalue weighted by Gasteiger charge is 2.36. The summed E-state index contributed by atoms with van der Waals surface area (Å²) in [5.74, 6) is 0. The van der Waals surface area contributed by atoms with Crippen molar-refractivity contribution in [2.45, 2.75) is 50.7 Å². The van der Waals surface area contributed by atoms with E-state index in [1.54, 1.807) is 20.8 Å². The molecule has 3 nitrogen and oxygen atoms in total. The first-order valence-corrected chi connectivity index (χ1v) is 6.48. The van der Waals surface area contributed by atoms with Gasteiger partial charge in [-0.1, -0.05) is 30.3 Å². The van der Waals surface area contributed by atoms with Crippen molar-refractivity contribution in [2.75, 3.05) is 6.54 Å². The van der Waals surface area contributed by atoms with Crippen LogP contribution in [0.1, 0.15) is 39.2 Å². The van der Waals surface area contributed by atoms with Gasteiger partial charge in [0.2, 0.25) is 0 Å². The van der Waals surface area contributed by atoms with Crippen LogP contribution in [0.2, 0.25) is 0 Å². The molecule has 0 heterocycles. The van der Waals surface area contributed by atoms with Gasteiger partial charge >= 0.3 is 0 Å². The molecule has 3 heteroatoms. The minimum atomic E-state index is -0.746. The van der Waals surface area contributed by atoms with Crippen LogP contribution in [0.15, 0.2) is 30.3 Å². The second-order valence-electron chi connectivity index (χ2n) is 5.71. The van der Waals surface area contributed by atoms with Crippen LogP contribution in [0.25, 0.3) is 0 Å². The zero-order valence-corrected chi connectivity index (χ0v) is 11.6. The summed E-state index contributed by atoms with van der Waals surface area (Å²) < 4.78 is 0. The van der Waals surface area contributed by atoms with Crippen LogP contribution in [0.3, 0.4) is 0 Å². The normalized spacial score (nSPS) is 17.2. The highest BCUT2D eigenvalue weighted by Crippen LogP contribution is 2.34. The molecule has 0 aliphatic rings. The van der Waals surface area contributed by atoms with E-state index in [4.69, 9.17) is 5.73 Å². The average Bonchev–Trinajstić information content (AvgIpc) is 2.30. The molecule has 1 aromatic rings. The number of aliphatic hydroxyl groups excluding tert-OH is 1. The molecule has 0 aromatic heterocycles. The molecule has 0 radical (unpaired) electrons. The number of hydrogen-bond acceptors (Lipinski definition) is 3. The number of hydrogen-bond donors (Lipinski definition) is 3. The van der Waals surface area contributed by atoms with Crippen molar-refractivity contribution < 1.29 is 10.2 Å². The molecule has 0 fully saturated rings. The van der Waals surface area contributed by atoms with E-state index in [1.165, 1.54) is 0 Å². The lowest BCUT2D eigenvalue weighted by molar-refractivity contribution is 0.0382. The summed E-state index contributed by atoms with van der Waals surface area (Å²) in [6.45, 7) is 5.69. The van der Waals surface area contributed by atoms with Gasteiger partial charge in [-0.05, 0) is 39.2 Å². The molecule has 0 aliphatic carbocycles. The molecular weight excluding hydrogens is 226 g/mol. The SMILES string of the molecule is CC(O)C(CN)(CCC(C)(C)O)c1ccccc1. The maximum Gasteiger partial charge on any atom is 0.0620 e. The van der Waals surface area contributed by atoms with Crippen LogP contribution < -0.4 is 5.73 Å². The van der Waals surface area contributed by atoms with Crippen LogP contribution in [-0.4, -0.2) is 28.5 Å². The van der Waals surface area contributed by atoms with Crippen LogP contribution in [-0.2, 0) is 5.41 Å². The minimum absolute atomic E-state index is 0.366. The van der Waals surface area contributed by atoms with Gasteiger partial charge in [-0.15, -0.1) is 0 Å².